The number of aryl methyl sites for hydroxylation is 1. The van der Waals surface area contributed by atoms with Crippen molar-refractivity contribution in [1.82, 2.24) is 24.2 Å². The van der Waals surface area contributed by atoms with Crippen molar-refractivity contribution in [2.24, 2.45) is 5.92 Å². The summed E-state index contributed by atoms with van der Waals surface area (Å²) in [7, 11) is -0.945. The van der Waals surface area contributed by atoms with E-state index in [1.165, 1.54) is 24.5 Å². The van der Waals surface area contributed by atoms with E-state index in [9.17, 15) is 18.3 Å². The van der Waals surface area contributed by atoms with Crippen LogP contribution in [0.1, 0.15) is 32.4 Å². The quantitative estimate of drug-likeness (QED) is 0.589. The van der Waals surface area contributed by atoms with Gasteiger partial charge in [0.2, 0.25) is 15.9 Å². The lowest BCUT2D eigenvalue weighted by Crippen LogP contribution is -2.47. The Morgan fingerprint density at radius 3 is 2.80 bits per heavy atom. The molecular weight excluding hydrogens is 474 g/mol. The Kier molecular flexibility index (Phi) is 9.22. The van der Waals surface area contributed by atoms with E-state index >= 15 is 0 Å². The van der Waals surface area contributed by atoms with E-state index in [-0.39, 0.29) is 48.3 Å². The topological polar surface area (TPSA) is 127 Å². The second kappa shape index (κ2) is 11.9. The predicted molar refractivity (Wildman–Crippen MR) is 128 cm³/mol. The third-order valence-electron chi connectivity index (χ3n) is 6.33. The van der Waals surface area contributed by atoms with Gasteiger partial charge in [0.1, 0.15) is 10.6 Å². The van der Waals surface area contributed by atoms with E-state index < -0.39 is 16.1 Å². The number of rotatable bonds is 7. The molecule has 0 aliphatic carbocycles. The van der Waals surface area contributed by atoms with Crippen molar-refractivity contribution >= 4 is 15.9 Å². The maximum absolute atomic E-state index is 13.4. The lowest BCUT2D eigenvalue weighted by atomic mass is 10.0. The predicted octanol–water partition coefficient (Wildman–Crippen LogP) is 1.13. The lowest BCUT2D eigenvalue weighted by molar-refractivity contribution is -0.136. The van der Waals surface area contributed by atoms with Gasteiger partial charge in [0.15, 0.2) is 0 Å². The molecule has 11 nitrogen and oxygen atoms in total. The molecule has 0 saturated carbocycles. The van der Waals surface area contributed by atoms with Gasteiger partial charge in [0, 0.05) is 39.0 Å². The molecule has 2 heterocycles. The summed E-state index contributed by atoms with van der Waals surface area (Å²) >= 11 is 0. The summed E-state index contributed by atoms with van der Waals surface area (Å²) in [5, 5.41) is 17.8. The molecule has 1 aromatic heterocycles. The number of fused-ring (bicyclic) bond motifs is 1. The Bertz CT molecular complexity index is 1090. The number of aliphatic hydroxyl groups is 1. The molecule has 3 rings (SSSR count). The highest BCUT2D eigenvalue weighted by Crippen LogP contribution is 2.27. The number of hydrogen-bond donors (Lipinski definition) is 1. The van der Waals surface area contributed by atoms with Crippen LogP contribution in [-0.4, -0.2) is 89.6 Å². The van der Waals surface area contributed by atoms with Crippen LogP contribution in [0.2, 0.25) is 0 Å². The van der Waals surface area contributed by atoms with Gasteiger partial charge < -0.3 is 19.5 Å². The lowest BCUT2D eigenvalue weighted by Gasteiger charge is -2.35. The molecule has 0 fully saturated rings. The van der Waals surface area contributed by atoms with Gasteiger partial charge in [0.05, 0.1) is 44.4 Å². The van der Waals surface area contributed by atoms with Gasteiger partial charge in [-0.15, -0.1) is 5.10 Å². The fourth-order valence-electron chi connectivity index (χ4n) is 4.10. The van der Waals surface area contributed by atoms with E-state index in [2.05, 4.69) is 10.3 Å². The summed E-state index contributed by atoms with van der Waals surface area (Å²) in [6, 6.07) is 6.09. The normalized spacial score (nSPS) is 21.2. The van der Waals surface area contributed by atoms with Crippen LogP contribution in [-0.2, 0) is 32.7 Å². The van der Waals surface area contributed by atoms with Crippen LogP contribution in [0.25, 0.3) is 0 Å². The maximum atomic E-state index is 13.4. The summed E-state index contributed by atoms with van der Waals surface area (Å²) in [6.45, 7) is 4.63. The molecule has 0 unspecified atom stereocenters. The van der Waals surface area contributed by atoms with Crippen molar-refractivity contribution in [1.29, 1.82) is 0 Å². The Labute approximate surface area is 206 Å². The first-order chi connectivity index (χ1) is 16.7. The minimum absolute atomic E-state index is 0.0542. The molecule has 1 amide bonds. The van der Waals surface area contributed by atoms with Gasteiger partial charge >= 0.3 is 0 Å². The zero-order valence-corrected chi connectivity index (χ0v) is 21.5. The first kappa shape index (κ1) is 27.1. The number of hydrogen-bond acceptors (Lipinski definition) is 8. The van der Waals surface area contributed by atoms with Crippen LogP contribution in [0.4, 0.5) is 0 Å². The molecule has 35 heavy (non-hydrogen) atoms. The van der Waals surface area contributed by atoms with Crippen molar-refractivity contribution < 1.29 is 27.8 Å². The molecule has 2 aromatic rings. The van der Waals surface area contributed by atoms with Crippen LogP contribution in [0.5, 0.6) is 5.75 Å². The monoisotopic (exact) mass is 509 g/mol. The molecular formula is C23H35N5O6S. The number of ether oxygens (including phenoxy) is 2. The van der Waals surface area contributed by atoms with Gasteiger partial charge in [-0.1, -0.05) is 24.3 Å². The number of benzene rings is 1. The minimum atomic E-state index is -3.87. The molecule has 194 valence electrons. The maximum Gasteiger partial charge on any atom is 0.246 e. The number of likely N-dealkylation sites (N-methyl/N-ethyl adjacent to an activating group) is 1. The second-order valence-electron chi connectivity index (χ2n) is 8.89. The number of aromatic nitrogens is 3. The molecule has 1 N–H and O–H groups in total. The van der Waals surface area contributed by atoms with Gasteiger partial charge in [-0.2, -0.15) is 4.31 Å². The van der Waals surface area contributed by atoms with E-state index in [0.29, 0.717) is 25.9 Å². The van der Waals surface area contributed by atoms with Crippen molar-refractivity contribution in [3.63, 3.8) is 0 Å². The SMILES string of the molecule is COc1ccccc1S(=O)(=O)N(C)C[C@@H]1OCc2cnnn2CCCC(=O)N([C@@H](C)CO)C[C@H]1C. The number of para-hydroxylation sites is 1. The van der Waals surface area contributed by atoms with Crippen LogP contribution < -0.4 is 4.74 Å². The van der Waals surface area contributed by atoms with Crippen molar-refractivity contribution in [3.05, 3.63) is 36.2 Å². The fourth-order valence-corrected chi connectivity index (χ4v) is 5.43. The number of amides is 1. The van der Waals surface area contributed by atoms with E-state index in [0.717, 1.165) is 5.69 Å². The van der Waals surface area contributed by atoms with Crippen LogP contribution in [0.15, 0.2) is 35.4 Å². The number of methoxy groups -OCH3 is 1. The molecule has 1 aliphatic rings. The molecule has 0 spiro atoms. The third kappa shape index (κ3) is 6.37. The summed E-state index contributed by atoms with van der Waals surface area (Å²) in [5.41, 5.74) is 0.756. The molecule has 3 atom stereocenters. The fraction of sp³-hybridized carbons (Fsp3) is 0.609. The van der Waals surface area contributed by atoms with Crippen molar-refractivity contribution in [2.75, 3.05) is 33.9 Å². The van der Waals surface area contributed by atoms with E-state index in [1.54, 1.807) is 40.9 Å². The minimum Gasteiger partial charge on any atom is -0.495 e. The third-order valence-corrected chi connectivity index (χ3v) is 8.20. The Morgan fingerprint density at radius 2 is 2.09 bits per heavy atom. The second-order valence-corrected chi connectivity index (χ2v) is 10.9. The number of carbonyl (C=O) groups excluding carboxylic acids is 1. The van der Waals surface area contributed by atoms with Crippen molar-refractivity contribution in [2.45, 2.75) is 56.9 Å². The van der Waals surface area contributed by atoms with Crippen molar-refractivity contribution in [3.8, 4) is 5.75 Å². The molecule has 0 radical (unpaired) electrons. The Morgan fingerprint density at radius 1 is 1.34 bits per heavy atom. The average molecular weight is 510 g/mol. The number of nitrogens with zero attached hydrogens (tertiary/aromatic N) is 5. The molecule has 0 bridgehead atoms. The average Bonchev–Trinajstić information content (AvgIpc) is 3.30. The Balaban J connectivity index is 1.89. The van der Waals surface area contributed by atoms with Crippen LogP contribution in [0.3, 0.4) is 0 Å². The van der Waals surface area contributed by atoms with Gasteiger partial charge in [-0.05, 0) is 25.5 Å². The first-order valence-corrected chi connectivity index (χ1v) is 13.1. The molecule has 12 heteroatoms. The van der Waals surface area contributed by atoms with Crippen LogP contribution in [0, 0.1) is 5.92 Å². The highest BCUT2D eigenvalue weighted by molar-refractivity contribution is 7.89. The smallest absolute Gasteiger partial charge is 0.246 e. The van der Waals surface area contributed by atoms with E-state index in [1.807, 2.05) is 6.92 Å². The van der Waals surface area contributed by atoms with Gasteiger partial charge in [-0.3, -0.25) is 4.79 Å². The summed E-state index contributed by atoms with van der Waals surface area (Å²) in [4.78, 5) is 14.7. The van der Waals surface area contributed by atoms with Crippen LogP contribution >= 0.6 is 0 Å². The highest BCUT2D eigenvalue weighted by atomic mass is 32.2. The zero-order valence-electron chi connectivity index (χ0n) is 20.7. The largest absolute Gasteiger partial charge is 0.495 e. The Hall–Kier alpha value is -2.54. The van der Waals surface area contributed by atoms with Gasteiger partial charge in [-0.25, -0.2) is 13.1 Å². The standard InChI is InChI=1S/C23H35N5O6S/c1-17-13-27(18(2)15-29)23(30)10-7-11-28-19(12-24-25-28)16-34-21(17)14-26(3)35(31,32)22-9-6-5-8-20(22)33-4/h5-6,8-9,12,17-18,21,29H,7,10-11,13-16H2,1-4H3/t17-,18+,21+/m1/s1. The molecule has 1 aromatic carbocycles. The van der Waals surface area contributed by atoms with Gasteiger partial charge in [0.25, 0.3) is 0 Å². The molecule has 1 aliphatic heterocycles. The zero-order chi connectivity index (χ0) is 25.6. The molecule has 0 saturated heterocycles. The summed E-state index contributed by atoms with van der Waals surface area (Å²) < 4.78 is 41.2. The number of carbonyl (C=O) groups is 1. The summed E-state index contributed by atoms with van der Waals surface area (Å²) in [5.74, 6) is -0.0445. The first-order valence-electron chi connectivity index (χ1n) is 11.7. The highest BCUT2D eigenvalue weighted by Gasteiger charge is 2.32. The van der Waals surface area contributed by atoms with E-state index in [4.69, 9.17) is 9.47 Å². The summed E-state index contributed by atoms with van der Waals surface area (Å²) in [6.07, 6.45) is 1.96. The number of sulfonamides is 1. The number of aliphatic hydroxyl groups excluding tert-OH is 1.